The summed E-state index contributed by atoms with van der Waals surface area (Å²) in [6, 6.07) is 4.38. The zero-order chi connectivity index (χ0) is 12.3. The molecule has 1 aromatic carbocycles. The average molecular weight is 239 g/mol. The second-order valence-corrected chi connectivity index (χ2v) is 4.82. The topological polar surface area (TPSA) is 12.0 Å². The summed E-state index contributed by atoms with van der Waals surface area (Å²) in [5.74, 6) is -0.644. The molecule has 1 aliphatic carbocycles. The summed E-state index contributed by atoms with van der Waals surface area (Å²) in [5.41, 5.74) is 0.810. The fourth-order valence-electron chi connectivity index (χ4n) is 2.78. The van der Waals surface area contributed by atoms with Gasteiger partial charge in [0.1, 0.15) is 11.6 Å². The SMILES string of the molecule is CCNC1CCCC(c2cc(F)cc(F)c2)C1. The summed E-state index contributed by atoms with van der Waals surface area (Å²) in [7, 11) is 0. The lowest BCUT2D eigenvalue weighted by Crippen LogP contribution is -2.33. The molecule has 0 saturated heterocycles. The lowest BCUT2D eigenvalue weighted by atomic mass is 9.81. The van der Waals surface area contributed by atoms with E-state index in [1.807, 2.05) is 0 Å². The van der Waals surface area contributed by atoms with Crippen LogP contribution in [-0.4, -0.2) is 12.6 Å². The molecule has 0 bridgehead atoms. The maximum absolute atomic E-state index is 13.2. The van der Waals surface area contributed by atoms with E-state index in [-0.39, 0.29) is 5.92 Å². The van der Waals surface area contributed by atoms with Crippen LogP contribution in [0.2, 0.25) is 0 Å². The number of rotatable bonds is 3. The number of benzene rings is 1. The first-order valence-corrected chi connectivity index (χ1v) is 6.38. The van der Waals surface area contributed by atoms with Crippen LogP contribution >= 0.6 is 0 Å². The first-order valence-electron chi connectivity index (χ1n) is 6.38. The van der Waals surface area contributed by atoms with Crippen molar-refractivity contribution in [2.75, 3.05) is 6.54 Å². The van der Waals surface area contributed by atoms with Crippen LogP contribution in [0, 0.1) is 11.6 Å². The summed E-state index contributed by atoms with van der Waals surface area (Å²) in [6.07, 6.45) is 4.31. The van der Waals surface area contributed by atoms with Crippen LogP contribution in [0.1, 0.15) is 44.1 Å². The number of hydrogen-bond donors (Lipinski definition) is 1. The zero-order valence-corrected chi connectivity index (χ0v) is 10.2. The number of hydrogen-bond acceptors (Lipinski definition) is 1. The van der Waals surface area contributed by atoms with E-state index in [0.717, 1.165) is 37.4 Å². The molecule has 0 aliphatic heterocycles. The van der Waals surface area contributed by atoms with Gasteiger partial charge in [0.05, 0.1) is 0 Å². The van der Waals surface area contributed by atoms with Crippen molar-refractivity contribution in [1.29, 1.82) is 0 Å². The highest BCUT2D eigenvalue weighted by Gasteiger charge is 2.23. The molecule has 0 radical (unpaired) electrons. The van der Waals surface area contributed by atoms with E-state index >= 15 is 0 Å². The Kier molecular flexibility index (Phi) is 4.11. The van der Waals surface area contributed by atoms with Gasteiger partial charge in [-0.25, -0.2) is 8.78 Å². The summed E-state index contributed by atoms with van der Waals surface area (Å²) in [4.78, 5) is 0. The normalized spacial score (nSPS) is 24.9. The van der Waals surface area contributed by atoms with E-state index in [9.17, 15) is 8.78 Å². The second kappa shape index (κ2) is 5.58. The van der Waals surface area contributed by atoms with Crippen LogP contribution in [0.15, 0.2) is 18.2 Å². The Morgan fingerprint density at radius 1 is 1.18 bits per heavy atom. The largest absolute Gasteiger partial charge is 0.314 e. The first-order chi connectivity index (χ1) is 8.19. The molecule has 0 amide bonds. The lowest BCUT2D eigenvalue weighted by Gasteiger charge is -2.30. The highest BCUT2D eigenvalue weighted by atomic mass is 19.1. The fourth-order valence-corrected chi connectivity index (χ4v) is 2.78. The van der Waals surface area contributed by atoms with Crippen LogP contribution in [0.25, 0.3) is 0 Å². The predicted octanol–water partition coefficient (Wildman–Crippen LogP) is 3.60. The van der Waals surface area contributed by atoms with Crippen molar-refractivity contribution < 1.29 is 8.78 Å². The first kappa shape index (κ1) is 12.5. The van der Waals surface area contributed by atoms with Gasteiger partial charge in [-0.15, -0.1) is 0 Å². The van der Waals surface area contributed by atoms with Crippen molar-refractivity contribution in [1.82, 2.24) is 5.32 Å². The van der Waals surface area contributed by atoms with Crippen LogP contribution in [0.3, 0.4) is 0 Å². The number of halogens is 2. The number of nitrogens with one attached hydrogen (secondary N) is 1. The Hall–Kier alpha value is -0.960. The zero-order valence-electron chi connectivity index (χ0n) is 10.2. The minimum absolute atomic E-state index is 0.290. The van der Waals surface area contributed by atoms with Crippen molar-refractivity contribution >= 4 is 0 Å². The molecule has 1 fully saturated rings. The minimum Gasteiger partial charge on any atom is -0.314 e. The Labute approximate surface area is 101 Å². The van der Waals surface area contributed by atoms with Crippen molar-refractivity contribution in [2.45, 2.75) is 44.6 Å². The van der Waals surface area contributed by atoms with E-state index < -0.39 is 11.6 Å². The Bertz CT molecular complexity index is 356. The van der Waals surface area contributed by atoms with Gasteiger partial charge in [-0.1, -0.05) is 13.3 Å². The third-order valence-corrected chi connectivity index (χ3v) is 3.52. The molecule has 94 valence electrons. The van der Waals surface area contributed by atoms with E-state index in [1.165, 1.54) is 18.6 Å². The molecule has 1 saturated carbocycles. The van der Waals surface area contributed by atoms with Gasteiger partial charge in [0.25, 0.3) is 0 Å². The quantitative estimate of drug-likeness (QED) is 0.849. The van der Waals surface area contributed by atoms with Gasteiger partial charge in [-0.3, -0.25) is 0 Å². The third-order valence-electron chi connectivity index (χ3n) is 3.52. The fraction of sp³-hybridized carbons (Fsp3) is 0.571. The van der Waals surface area contributed by atoms with Gasteiger partial charge in [-0.2, -0.15) is 0 Å². The van der Waals surface area contributed by atoms with Crippen molar-refractivity contribution in [3.63, 3.8) is 0 Å². The van der Waals surface area contributed by atoms with Crippen LogP contribution in [0.5, 0.6) is 0 Å². The molecule has 0 aromatic heterocycles. The molecule has 0 spiro atoms. The molecule has 1 nitrogen and oxygen atoms in total. The molecule has 3 heteroatoms. The Morgan fingerprint density at radius 2 is 1.88 bits per heavy atom. The second-order valence-electron chi connectivity index (χ2n) is 4.82. The third kappa shape index (κ3) is 3.25. The average Bonchev–Trinajstić information content (AvgIpc) is 2.28. The molecule has 1 aliphatic rings. The molecule has 1 aromatic rings. The van der Waals surface area contributed by atoms with Crippen molar-refractivity contribution in [3.8, 4) is 0 Å². The van der Waals surface area contributed by atoms with Crippen LogP contribution in [-0.2, 0) is 0 Å². The minimum atomic E-state index is -0.467. The van der Waals surface area contributed by atoms with E-state index in [1.54, 1.807) is 0 Å². The molecule has 0 heterocycles. The summed E-state index contributed by atoms with van der Waals surface area (Å²) in [6.45, 7) is 3.04. The summed E-state index contributed by atoms with van der Waals surface area (Å²) < 4.78 is 26.3. The monoisotopic (exact) mass is 239 g/mol. The van der Waals surface area contributed by atoms with E-state index in [0.29, 0.717) is 6.04 Å². The maximum atomic E-state index is 13.2. The molecule has 2 atom stereocenters. The Morgan fingerprint density at radius 3 is 2.53 bits per heavy atom. The lowest BCUT2D eigenvalue weighted by molar-refractivity contribution is 0.343. The highest BCUT2D eigenvalue weighted by molar-refractivity contribution is 5.22. The molecule has 2 unspecified atom stereocenters. The van der Waals surface area contributed by atoms with Crippen LogP contribution < -0.4 is 5.32 Å². The molecular formula is C14H19F2N. The highest BCUT2D eigenvalue weighted by Crippen LogP contribution is 2.33. The maximum Gasteiger partial charge on any atom is 0.126 e. The van der Waals surface area contributed by atoms with E-state index in [2.05, 4.69) is 12.2 Å². The van der Waals surface area contributed by atoms with Gasteiger partial charge in [0, 0.05) is 12.1 Å². The Balaban J connectivity index is 2.10. The standard InChI is InChI=1S/C14H19F2N/c1-2-17-14-5-3-4-10(8-14)11-6-12(15)9-13(16)7-11/h6-7,9-10,14,17H,2-5,8H2,1H3. The van der Waals surface area contributed by atoms with Gasteiger partial charge in [0.2, 0.25) is 0 Å². The van der Waals surface area contributed by atoms with Crippen molar-refractivity contribution in [3.05, 3.63) is 35.4 Å². The van der Waals surface area contributed by atoms with Gasteiger partial charge < -0.3 is 5.32 Å². The molecular weight excluding hydrogens is 220 g/mol. The van der Waals surface area contributed by atoms with Gasteiger partial charge >= 0.3 is 0 Å². The van der Waals surface area contributed by atoms with E-state index in [4.69, 9.17) is 0 Å². The summed E-state index contributed by atoms with van der Waals surface area (Å²) in [5, 5.41) is 3.43. The predicted molar refractivity (Wildman–Crippen MR) is 65.0 cm³/mol. The molecule has 2 rings (SSSR count). The molecule has 1 N–H and O–H groups in total. The van der Waals surface area contributed by atoms with Gasteiger partial charge in [-0.05, 0) is 49.4 Å². The molecule has 17 heavy (non-hydrogen) atoms. The van der Waals surface area contributed by atoms with Crippen molar-refractivity contribution in [2.24, 2.45) is 0 Å². The van der Waals surface area contributed by atoms with Gasteiger partial charge in [0.15, 0.2) is 0 Å². The smallest absolute Gasteiger partial charge is 0.126 e. The summed E-state index contributed by atoms with van der Waals surface area (Å²) >= 11 is 0. The van der Waals surface area contributed by atoms with Crippen LogP contribution in [0.4, 0.5) is 8.78 Å².